The van der Waals surface area contributed by atoms with Crippen molar-refractivity contribution in [2.45, 2.75) is 20.4 Å². The molecule has 0 spiro atoms. The van der Waals surface area contributed by atoms with Crippen molar-refractivity contribution >= 4 is 17.3 Å². The van der Waals surface area contributed by atoms with Crippen LogP contribution in [0.2, 0.25) is 5.02 Å². The van der Waals surface area contributed by atoms with Gasteiger partial charge in [-0.25, -0.2) is 4.39 Å². The van der Waals surface area contributed by atoms with Gasteiger partial charge in [-0.05, 0) is 31.5 Å². The third-order valence-electron chi connectivity index (χ3n) is 2.72. The summed E-state index contributed by atoms with van der Waals surface area (Å²) in [6.45, 7) is 4.69. The monoisotopic (exact) mass is 263 g/mol. The molecule has 0 heterocycles. The van der Waals surface area contributed by atoms with Crippen molar-refractivity contribution in [3.8, 4) is 0 Å². The van der Waals surface area contributed by atoms with Crippen LogP contribution in [0.25, 0.3) is 0 Å². The van der Waals surface area contributed by atoms with E-state index in [-0.39, 0.29) is 5.02 Å². The molecular formula is C15H15ClFN. The highest BCUT2D eigenvalue weighted by Gasteiger charge is 2.05. The number of hydrogen-bond acceptors (Lipinski definition) is 1. The number of anilines is 1. The summed E-state index contributed by atoms with van der Waals surface area (Å²) in [5.41, 5.74) is 3.98. The van der Waals surface area contributed by atoms with E-state index in [1.165, 1.54) is 11.1 Å². The lowest BCUT2D eigenvalue weighted by molar-refractivity contribution is 0.630. The number of hydrogen-bond donors (Lipinski definition) is 1. The van der Waals surface area contributed by atoms with E-state index in [0.29, 0.717) is 12.2 Å². The average molecular weight is 264 g/mol. The van der Waals surface area contributed by atoms with Gasteiger partial charge in [-0.15, -0.1) is 0 Å². The summed E-state index contributed by atoms with van der Waals surface area (Å²) in [5, 5.41) is 3.20. The fourth-order valence-corrected chi connectivity index (χ4v) is 2.18. The second-order valence-corrected chi connectivity index (χ2v) is 4.86. The normalized spacial score (nSPS) is 10.4. The van der Waals surface area contributed by atoms with E-state index in [9.17, 15) is 4.39 Å². The molecule has 94 valence electrons. The van der Waals surface area contributed by atoms with Gasteiger partial charge in [-0.3, -0.25) is 0 Å². The van der Waals surface area contributed by atoms with Gasteiger partial charge in [0, 0.05) is 6.54 Å². The first-order chi connectivity index (χ1) is 8.56. The predicted molar refractivity (Wildman–Crippen MR) is 74.7 cm³/mol. The molecule has 0 aliphatic rings. The summed E-state index contributed by atoms with van der Waals surface area (Å²) in [5.74, 6) is -0.399. The molecule has 2 rings (SSSR count). The minimum atomic E-state index is -0.399. The summed E-state index contributed by atoms with van der Waals surface area (Å²) < 4.78 is 13.7. The van der Waals surface area contributed by atoms with E-state index < -0.39 is 5.82 Å². The minimum absolute atomic E-state index is 0.139. The smallest absolute Gasteiger partial charge is 0.164 e. The van der Waals surface area contributed by atoms with Crippen molar-refractivity contribution in [1.82, 2.24) is 0 Å². The van der Waals surface area contributed by atoms with Crippen LogP contribution in [0, 0.1) is 19.7 Å². The topological polar surface area (TPSA) is 12.0 Å². The fraction of sp³-hybridized carbons (Fsp3) is 0.200. The van der Waals surface area contributed by atoms with Crippen LogP contribution in [-0.2, 0) is 6.54 Å². The van der Waals surface area contributed by atoms with Crippen molar-refractivity contribution in [3.63, 3.8) is 0 Å². The molecule has 3 heteroatoms. The van der Waals surface area contributed by atoms with Crippen LogP contribution in [0.15, 0.2) is 36.4 Å². The molecule has 0 saturated carbocycles. The lowest BCUT2D eigenvalue weighted by Crippen LogP contribution is -2.02. The Labute approximate surface area is 112 Å². The van der Waals surface area contributed by atoms with Gasteiger partial charge in [-0.2, -0.15) is 0 Å². The molecule has 0 saturated heterocycles. The van der Waals surface area contributed by atoms with Crippen LogP contribution in [0.4, 0.5) is 10.1 Å². The average Bonchev–Trinajstić information content (AvgIpc) is 2.30. The Balaban J connectivity index is 2.14. The maximum Gasteiger partial charge on any atom is 0.164 e. The van der Waals surface area contributed by atoms with Gasteiger partial charge < -0.3 is 5.32 Å². The molecule has 1 N–H and O–H groups in total. The predicted octanol–water partition coefficient (Wildman–Crippen LogP) is 4.71. The highest BCUT2D eigenvalue weighted by molar-refractivity contribution is 6.31. The zero-order valence-electron chi connectivity index (χ0n) is 10.4. The lowest BCUT2D eigenvalue weighted by Gasteiger charge is -2.10. The SMILES string of the molecule is Cc1cc(C)cc(CNc2cccc(Cl)c2F)c1. The summed E-state index contributed by atoms with van der Waals surface area (Å²) in [7, 11) is 0. The quantitative estimate of drug-likeness (QED) is 0.846. The van der Waals surface area contributed by atoms with Crippen LogP contribution in [0.1, 0.15) is 16.7 Å². The van der Waals surface area contributed by atoms with Gasteiger partial charge in [0.05, 0.1) is 10.7 Å². The molecule has 18 heavy (non-hydrogen) atoms. The van der Waals surface area contributed by atoms with E-state index in [4.69, 9.17) is 11.6 Å². The summed E-state index contributed by atoms with van der Waals surface area (Å²) in [6, 6.07) is 11.2. The molecule has 2 aromatic rings. The third-order valence-corrected chi connectivity index (χ3v) is 3.01. The molecule has 0 unspecified atom stereocenters. The molecule has 1 nitrogen and oxygen atoms in total. The number of rotatable bonds is 3. The van der Waals surface area contributed by atoms with E-state index in [0.717, 1.165) is 5.56 Å². The van der Waals surface area contributed by atoms with Gasteiger partial charge in [0.25, 0.3) is 0 Å². The van der Waals surface area contributed by atoms with Crippen LogP contribution in [0.3, 0.4) is 0 Å². The summed E-state index contributed by atoms with van der Waals surface area (Å²) in [6.07, 6.45) is 0. The zero-order valence-corrected chi connectivity index (χ0v) is 11.2. The molecule has 0 aromatic heterocycles. The first kappa shape index (κ1) is 12.9. The Kier molecular flexibility index (Phi) is 3.87. The number of nitrogens with one attached hydrogen (secondary N) is 1. The highest BCUT2D eigenvalue weighted by atomic mass is 35.5. The number of benzene rings is 2. The molecule has 2 aromatic carbocycles. The van der Waals surface area contributed by atoms with Gasteiger partial charge in [0.15, 0.2) is 5.82 Å². The van der Waals surface area contributed by atoms with E-state index in [1.54, 1.807) is 18.2 Å². The second-order valence-electron chi connectivity index (χ2n) is 4.45. The molecular weight excluding hydrogens is 249 g/mol. The van der Waals surface area contributed by atoms with Crippen LogP contribution >= 0.6 is 11.6 Å². The Morgan fingerprint density at radius 1 is 1.11 bits per heavy atom. The van der Waals surface area contributed by atoms with Crippen molar-refractivity contribution in [2.75, 3.05) is 5.32 Å². The molecule has 0 radical (unpaired) electrons. The highest BCUT2D eigenvalue weighted by Crippen LogP contribution is 2.22. The summed E-state index contributed by atoms with van der Waals surface area (Å²) >= 11 is 5.73. The van der Waals surface area contributed by atoms with E-state index in [1.807, 2.05) is 0 Å². The first-order valence-corrected chi connectivity index (χ1v) is 6.19. The molecule has 0 fully saturated rings. The Morgan fingerprint density at radius 3 is 2.44 bits per heavy atom. The Hall–Kier alpha value is -1.54. The Bertz CT molecular complexity index is 546. The molecule has 0 bridgehead atoms. The van der Waals surface area contributed by atoms with Crippen LogP contribution in [-0.4, -0.2) is 0 Å². The van der Waals surface area contributed by atoms with E-state index in [2.05, 4.69) is 37.4 Å². The largest absolute Gasteiger partial charge is 0.379 e. The fourth-order valence-electron chi connectivity index (χ4n) is 2.01. The number of aryl methyl sites for hydroxylation is 2. The van der Waals surface area contributed by atoms with Gasteiger partial charge in [0.1, 0.15) is 0 Å². The van der Waals surface area contributed by atoms with Crippen molar-refractivity contribution in [1.29, 1.82) is 0 Å². The lowest BCUT2D eigenvalue weighted by atomic mass is 10.1. The van der Waals surface area contributed by atoms with Crippen molar-refractivity contribution in [3.05, 3.63) is 63.9 Å². The number of halogens is 2. The third kappa shape index (κ3) is 3.02. The van der Waals surface area contributed by atoms with Crippen molar-refractivity contribution in [2.24, 2.45) is 0 Å². The first-order valence-electron chi connectivity index (χ1n) is 5.81. The van der Waals surface area contributed by atoms with Gasteiger partial charge >= 0.3 is 0 Å². The second kappa shape index (κ2) is 5.40. The molecule has 0 aliphatic carbocycles. The van der Waals surface area contributed by atoms with E-state index >= 15 is 0 Å². The maximum absolute atomic E-state index is 13.7. The van der Waals surface area contributed by atoms with Crippen molar-refractivity contribution < 1.29 is 4.39 Å². The Morgan fingerprint density at radius 2 is 1.78 bits per heavy atom. The molecule has 0 aliphatic heterocycles. The summed E-state index contributed by atoms with van der Waals surface area (Å²) in [4.78, 5) is 0. The van der Waals surface area contributed by atoms with Crippen LogP contribution < -0.4 is 5.32 Å². The standard InChI is InChI=1S/C15H15ClFN/c1-10-6-11(2)8-12(7-10)9-18-14-5-3-4-13(16)15(14)17/h3-8,18H,9H2,1-2H3. The van der Waals surface area contributed by atoms with Gasteiger partial charge in [-0.1, -0.05) is 47.0 Å². The minimum Gasteiger partial charge on any atom is -0.379 e. The molecule has 0 amide bonds. The maximum atomic E-state index is 13.7. The van der Waals surface area contributed by atoms with Gasteiger partial charge in [0.2, 0.25) is 0 Å². The molecule has 0 atom stereocenters. The van der Waals surface area contributed by atoms with Crippen LogP contribution in [0.5, 0.6) is 0 Å². The zero-order chi connectivity index (χ0) is 13.1.